The van der Waals surface area contributed by atoms with Crippen molar-refractivity contribution in [3.63, 3.8) is 0 Å². The van der Waals surface area contributed by atoms with Crippen LogP contribution in [0.25, 0.3) is 0 Å². The van der Waals surface area contributed by atoms with E-state index in [2.05, 4.69) is 24.4 Å². The summed E-state index contributed by atoms with van der Waals surface area (Å²) in [5, 5.41) is 0. The first-order valence-corrected chi connectivity index (χ1v) is 25.5. The number of allylic oxidation sites excluding steroid dienone is 2. The van der Waals surface area contributed by atoms with Crippen molar-refractivity contribution in [2.45, 2.75) is 264 Å². The van der Waals surface area contributed by atoms with E-state index in [0.29, 0.717) is 12.8 Å². The third-order valence-electron chi connectivity index (χ3n) is 10.8. The Hall–Kier alpha value is -1.21. The van der Waals surface area contributed by atoms with Crippen LogP contribution < -0.4 is 0 Å². The molecule has 0 aliphatic carbocycles. The maximum atomic E-state index is 12.4. The summed E-state index contributed by atoms with van der Waals surface area (Å²) in [5.74, 6) is -0.925. The third-order valence-corrected chi connectivity index (χ3v) is 11.3. The van der Waals surface area contributed by atoms with E-state index in [1.807, 2.05) is 6.08 Å². The zero-order chi connectivity index (χ0) is 41.1. The fourth-order valence-corrected chi connectivity index (χ4v) is 7.58. The van der Waals surface area contributed by atoms with Gasteiger partial charge in [0.15, 0.2) is 6.10 Å². The number of carbonyl (C=O) groups is 2. The van der Waals surface area contributed by atoms with Gasteiger partial charge in [0.1, 0.15) is 6.61 Å². The minimum absolute atomic E-state index is 0.189. The van der Waals surface area contributed by atoms with E-state index >= 15 is 0 Å². The van der Waals surface area contributed by atoms with E-state index in [1.165, 1.54) is 186 Å². The van der Waals surface area contributed by atoms with Gasteiger partial charge in [0.25, 0.3) is 0 Å². The predicted molar refractivity (Wildman–Crippen MR) is 235 cm³/mol. The highest BCUT2D eigenvalue weighted by Crippen LogP contribution is 2.36. The van der Waals surface area contributed by atoms with Gasteiger partial charge in [-0.15, -0.1) is 0 Å². The molecular weight excluding hydrogens is 723 g/mol. The first-order chi connectivity index (χ1) is 27.3. The normalized spacial score (nSPS) is 12.4. The van der Waals surface area contributed by atoms with Gasteiger partial charge >= 0.3 is 19.8 Å². The molecule has 332 valence electrons. The summed E-state index contributed by atoms with van der Waals surface area (Å²) in [6.45, 7) is 3.70. The maximum Gasteiger partial charge on any atom is 0.469 e. The average molecular weight is 815 g/mol. The summed E-state index contributed by atoms with van der Waals surface area (Å²) in [5.41, 5.74) is 0. The number of esters is 2. The van der Waals surface area contributed by atoms with E-state index in [-0.39, 0.29) is 19.4 Å². The monoisotopic (exact) mass is 815 g/mol. The van der Waals surface area contributed by atoms with Crippen LogP contribution in [0.15, 0.2) is 12.2 Å². The maximum absolute atomic E-state index is 12.4. The van der Waals surface area contributed by atoms with E-state index in [1.54, 1.807) is 0 Å². The molecule has 0 saturated carbocycles. The molecule has 0 aromatic rings. The molecule has 0 heterocycles. The summed E-state index contributed by atoms with van der Waals surface area (Å²) in [4.78, 5) is 42.9. The minimum atomic E-state index is -4.76. The van der Waals surface area contributed by atoms with Gasteiger partial charge in [-0.25, -0.2) is 4.57 Å². The molecule has 0 rings (SSSR count). The van der Waals surface area contributed by atoms with Crippen molar-refractivity contribution in [2.24, 2.45) is 0 Å². The van der Waals surface area contributed by atoms with E-state index in [4.69, 9.17) is 19.3 Å². The summed E-state index contributed by atoms with van der Waals surface area (Å²) >= 11 is 0. The number of rotatable bonds is 45. The lowest BCUT2D eigenvalue weighted by molar-refractivity contribution is -0.161. The molecule has 0 aromatic heterocycles. The van der Waals surface area contributed by atoms with Crippen LogP contribution in [0.1, 0.15) is 258 Å². The van der Waals surface area contributed by atoms with Crippen molar-refractivity contribution in [2.75, 3.05) is 13.2 Å². The van der Waals surface area contributed by atoms with Crippen molar-refractivity contribution < 1.29 is 37.9 Å². The van der Waals surface area contributed by atoms with Gasteiger partial charge in [-0.1, -0.05) is 231 Å². The molecule has 2 N–H and O–H groups in total. The standard InChI is InChI=1S/C47H91O8P/c1-3-5-7-9-11-13-15-17-19-20-21-22-23-24-25-26-28-30-32-34-36-38-40-42-47(49)55-45(44-54-56(50,51)52)43-53-46(48)41-39-37-35-33-31-29-27-18-16-14-12-10-8-6-4-2/h35,37,45H,3-34,36,38-44H2,1-2H3,(H2,50,51,52)/b37-35+/t45-/m1/s1. The Morgan fingerprint density at radius 1 is 0.446 bits per heavy atom. The smallest absolute Gasteiger partial charge is 0.462 e. The van der Waals surface area contributed by atoms with Gasteiger partial charge in [0.05, 0.1) is 6.61 Å². The molecule has 0 amide bonds. The molecule has 0 radical (unpaired) electrons. The molecule has 0 saturated heterocycles. The SMILES string of the molecule is CCCCCCCCCCCCC/C=C/CCC(=O)OC[C@H](COP(=O)(O)O)OC(=O)CCCCCCCCCCCCCCCCCCCCCCCCC. The van der Waals surface area contributed by atoms with Crippen molar-refractivity contribution >= 4 is 19.8 Å². The van der Waals surface area contributed by atoms with Crippen LogP contribution in [0.5, 0.6) is 0 Å². The number of hydrogen-bond donors (Lipinski definition) is 2. The Bertz CT molecular complexity index is 920. The summed E-state index contributed by atoms with van der Waals surface area (Å²) in [6.07, 6.45) is 49.6. The number of hydrogen-bond acceptors (Lipinski definition) is 6. The molecule has 9 heteroatoms. The van der Waals surface area contributed by atoms with Crippen LogP contribution in [0.2, 0.25) is 0 Å². The Labute approximate surface area is 346 Å². The fraction of sp³-hybridized carbons (Fsp3) is 0.915. The first kappa shape index (κ1) is 54.8. The number of phosphoric ester groups is 1. The molecule has 0 aliphatic heterocycles. The Kier molecular flexibility index (Phi) is 42.4. The van der Waals surface area contributed by atoms with Crippen LogP contribution in [0.3, 0.4) is 0 Å². The largest absolute Gasteiger partial charge is 0.469 e. The molecule has 0 aliphatic rings. The Morgan fingerprint density at radius 2 is 0.786 bits per heavy atom. The molecule has 56 heavy (non-hydrogen) atoms. The molecule has 0 spiro atoms. The van der Waals surface area contributed by atoms with Crippen molar-refractivity contribution in [1.82, 2.24) is 0 Å². The molecule has 0 aromatic carbocycles. The van der Waals surface area contributed by atoms with Crippen LogP contribution in [0.4, 0.5) is 0 Å². The molecule has 0 bridgehead atoms. The van der Waals surface area contributed by atoms with Crippen molar-refractivity contribution in [1.29, 1.82) is 0 Å². The van der Waals surface area contributed by atoms with Gasteiger partial charge in [0.2, 0.25) is 0 Å². The summed E-state index contributed by atoms with van der Waals surface area (Å²) in [7, 11) is -4.76. The van der Waals surface area contributed by atoms with E-state index in [0.717, 1.165) is 32.1 Å². The van der Waals surface area contributed by atoms with Crippen LogP contribution in [-0.4, -0.2) is 41.0 Å². The number of carbonyl (C=O) groups excluding carboxylic acids is 2. The molecular formula is C47H91O8P. The average Bonchev–Trinajstić information content (AvgIpc) is 3.17. The lowest BCUT2D eigenvalue weighted by Gasteiger charge is -2.18. The van der Waals surface area contributed by atoms with Gasteiger partial charge < -0.3 is 19.3 Å². The minimum Gasteiger partial charge on any atom is -0.462 e. The first-order valence-electron chi connectivity index (χ1n) is 24.0. The van der Waals surface area contributed by atoms with Gasteiger partial charge in [-0.05, 0) is 25.7 Å². The third kappa shape index (κ3) is 45.5. The summed E-state index contributed by atoms with van der Waals surface area (Å²) in [6, 6.07) is 0. The Balaban J connectivity index is 3.80. The van der Waals surface area contributed by atoms with Crippen LogP contribution in [-0.2, 0) is 28.2 Å². The molecule has 0 unspecified atom stereocenters. The zero-order valence-corrected chi connectivity index (χ0v) is 37.7. The second-order valence-electron chi connectivity index (χ2n) is 16.4. The topological polar surface area (TPSA) is 119 Å². The molecule has 0 fully saturated rings. The zero-order valence-electron chi connectivity index (χ0n) is 36.8. The highest BCUT2D eigenvalue weighted by molar-refractivity contribution is 7.46. The Morgan fingerprint density at radius 3 is 1.16 bits per heavy atom. The summed E-state index contributed by atoms with van der Waals surface area (Å²) < 4.78 is 26.4. The molecule has 8 nitrogen and oxygen atoms in total. The van der Waals surface area contributed by atoms with Crippen LogP contribution in [0, 0.1) is 0 Å². The van der Waals surface area contributed by atoms with Gasteiger partial charge in [0, 0.05) is 12.8 Å². The fourth-order valence-electron chi connectivity index (χ4n) is 7.22. The lowest BCUT2D eigenvalue weighted by atomic mass is 10.0. The van der Waals surface area contributed by atoms with Crippen molar-refractivity contribution in [3.8, 4) is 0 Å². The van der Waals surface area contributed by atoms with E-state index < -0.39 is 32.5 Å². The van der Waals surface area contributed by atoms with Crippen LogP contribution >= 0.6 is 7.82 Å². The lowest BCUT2D eigenvalue weighted by Crippen LogP contribution is -2.29. The van der Waals surface area contributed by atoms with Crippen molar-refractivity contribution in [3.05, 3.63) is 12.2 Å². The second-order valence-corrected chi connectivity index (χ2v) is 17.7. The number of phosphoric acid groups is 1. The highest BCUT2D eigenvalue weighted by Gasteiger charge is 2.22. The quantitative estimate of drug-likeness (QED) is 0.0270. The van der Waals surface area contributed by atoms with Gasteiger partial charge in [-0.2, -0.15) is 0 Å². The second kappa shape index (κ2) is 43.4. The van der Waals surface area contributed by atoms with E-state index in [9.17, 15) is 14.2 Å². The highest BCUT2D eigenvalue weighted by atomic mass is 31.2. The molecule has 1 atom stereocenters. The van der Waals surface area contributed by atoms with Gasteiger partial charge in [-0.3, -0.25) is 14.1 Å². The predicted octanol–water partition coefficient (Wildman–Crippen LogP) is 15.0. The number of unbranched alkanes of at least 4 members (excludes halogenated alkanes) is 33. The number of ether oxygens (including phenoxy) is 2.